The van der Waals surface area contributed by atoms with Gasteiger partial charge in [-0.1, -0.05) is 19.1 Å². The summed E-state index contributed by atoms with van der Waals surface area (Å²) in [6.45, 7) is 4.90. The number of nitrogens with zero attached hydrogens (tertiary/aromatic N) is 2. The lowest BCUT2D eigenvalue weighted by atomic mass is 10.2. The Morgan fingerprint density at radius 2 is 1.96 bits per heavy atom. The number of benzene rings is 1. The van der Waals surface area contributed by atoms with E-state index in [1.54, 1.807) is 25.1 Å². The molecule has 0 amide bonds. The number of hydrogen-bond donors (Lipinski definition) is 3. The number of carbonyl (C=O) groups is 1. The van der Waals surface area contributed by atoms with Crippen molar-refractivity contribution in [2.75, 3.05) is 29.5 Å². The zero-order chi connectivity index (χ0) is 16.7. The van der Waals surface area contributed by atoms with Crippen molar-refractivity contribution in [3.8, 4) is 0 Å². The Bertz CT molecular complexity index is 675. The molecular weight excluding hydrogens is 294 g/mol. The summed E-state index contributed by atoms with van der Waals surface area (Å²) >= 11 is 0. The maximum atomic E-state index is 12.0. The Morgan fingerprint density at radius 3 is 2.70 bits per heavy atom. The lowest BCUT2D eigenvalue weighted by Gasteiger charge is -2.14. The van der Waals surface area contributed by atoms with Gasteiger partial charge in [-0.3, -0.25) is 0 Å². The Labute approximate surface area is 135 Å². The number of carbonyl (C=O) groups excluding carboxylic acids is 1. The molecule has 0 bridgehead atoms. The van der Waals surface area contributed by atoms with Gasteiger partial charge in [0, 0.05) is 6.54 Å². The van der Waals surface area contributed by atoms with Crippen LogP contribution in [0.15, 0.2) is 30.6 Å². The van der Waals surface area contributed by atoms with Gasteiger partial charge in [-0.05, 0) is 25.5 Å². The number of nitrogens with one attached hydrogen (secondary N) is 2. The van der Waals surface area contributed by atoms with E-state index in [0.29, 0.717) is 35.2 Å². The van der Waals surface area contributed by atoms with E-state index in [9.17, 15) is 4.79 Å². The Hall–Kier alpha value is -2.83. The molecular formula is C16H21N5O2. The molecule has 2 rings (SSSR count). The van der Waals surface area contributed by atoms with E-state index in [0.717, 1.165) is 13.0 Å². The molecule has 1 aromatic heterocycles. The molecule has 0 radical (unpaired) electrons. The lowest BCUT2D eigenvalue weighted by molar-refractivity contribution is 0.0527. The van der Waals surface area contributed by atoms with Crippen LogP contribution >= 0.6 is 0 Å². The maximum absolute atomic E-state index is 12.0. The molecule has 0 atom stereocenters. The number of anilines is 4. The van der Waals surface area contributed by atoms with Gasteiger partial charge in [0.05, 0.1) is 17.9 Å². The number of esters is 1. The first kappa shape index (κ1) is 16.5. The summed E-state index contributed by atoms with van der Waals surface area (Å²) in [6.07, 6.45) is 2.38. The molecule has 2 aromatic rings. The number of aromatic nitrogens is 2. The molecule has 23 heavy (non-hydrogen) atoms. The zero-order valence-electron chi connectivity index (χ0n) is 13.3. The molecule has 1 aromatic carbocycles. The molecule has 1 heterocycles. The van der Waals surface area contributed by atoms with Crippen LogP contribution in [0.2, 0.25) is 0 Å². The van der Waals surface area contributed by atoms with Gasteiger partial charge in [-0.25, -0.2) is 14.8 Å². The molecule has 0 spiro atoms. The molecule has 0 aliphatic rings. The molecule has 7 nitrogen and oxygen atoms in total. The molecule has 7 heteroatoms. The topological polar surface area (TPSA) is 102 Å². The summed E-state index contributed by atoms with van der Waals surface area (Å²) in [5, 5.41) is 6.22. The van der Waals surface area contributed by atoms with Crippen LogP contribution in [-0.4, -0.2) is 29.1 Å². The quantitative estimate of drug-likeness (QED) is 0.675. The largest absolute Gasteiger partial charge is 0.462 e. The van der Waals surface area contributed by atoms with Crippen molar-refractivity contribution in [1.82, 2.24) is 9.97 Å². The van der Waals surface area contributed by atoms with E-state index in [2.05, 4.69) is 27.5 Å². The van der Waals surface area contributed by atoms with Crippen molar-refractivity contribution >= 4 is 29.0 Å². The van der Waals surface area contributed by atoms with Crippen molar-refractivity contribution in [3.63, 3.8) is 0 Å². The fourth-order valence-electron chi connectivity index (χ4n) is 1.99. The molecule has 0 saturated heterocycles. The summed E-state index contributed by atoms with van der Waals surface area (Å²) in [5.41, 5.74) is 7.50. The van der Waals surface area contributed by atoms with E-state index < -0.39 is 5.97 Å². The minimum absolute atomic E-state index is 0.313. The third-order valence-corrected chi connectivity index (χ3v) is 3.10. The van der Waals surface area contributed by atoms with E-state index in [4.69, 9.17) is 10.5 Å². The number of nitrogens with two attached hydrogens (primary N) is 1. The minimum atomic E-state index is -0.396. The van der Waals surface area contributed by atoms with Crippen LogP contribution in [0.25, 0.3) is 0 Å². The third kappa shape index (κ3) is 4.09. The first-order valence-corrected chi connectivity index (χ1v) is 7.54. The van der Waals surface area contributed by atoms with Crippen LogP contribution in [0, 0.1) is 0 Å². The van der Waals surface area contributed by atoms with E-state index in [-0.39, 0.29) is 0 Å². The van der Waals surface area contributed by atoms with Gasteiger partial charge in [-0.15, -0.1) is 0 Å². The predicted molar refractivity (Wildman–Crippen MR) is 90.9 cm³/mol. The van der Waals surface area contributed by atoms with Gasteiger partial charge in [0.25, 0.3) is 0 Å². The summed E-state index contributed by atoms with van der Waals surface area (Å²) in [5.74, 6) is 0.612. The average Bonchev–Trinajstić information content (AvgIpc) is 2.56. The number of hydrogen-bond acceptors (Lipinski definition) is 7. The van der Waals surface area contributed by atoms with Crippen molar-refractivity contribution < 1.29 is 9.53 Å². The van der Waals surface area contributed by atoms with Crippen LogP contribution in [0.5, 0.6) is 0 Å². The highest BCUT2D eigenvalue weighted by Gasteiger charge is 2.14. The molecule has 4 N–H and O–H groups in total. The van der Waals surface area contributed by atoms with Crippen LogP contribution in [0.1, 0.15) is 30.6 Å². The lowest BCUT2D eigenvalue weighted by Crippen LogP contribution is -2.11. The molecule has 0 unspecified atom stereocenters. The van der Waals surface area contributed by atoms with Gasteiger partial charge in [-0.2, -0.15) is 0 Å². The number of rotatable bonds is 7. The minimum Gasteiger partial charge on any atom is -0.462 e. The SMILES string of the molecule is CCCNc1ncnc(Nc2ccccc2C(=O)OCC)c1N. The van der Waals surface area contributed by atoms with Gasteiger partial charge >= 0.3 is 5.97 Å². The van der Waals surface area contributed by atoms with Crippen molar-refractivity contribution in [2.24, 2.45) is 0 Å². The Kier molecular flexibility index (Phi) is 5.74. The van der Waals surface area contributed by atoms with Gasteiger partial charge < -0.3 is 21.1 Å². The second-order valence-electron chi connectivity index (χ2n) is 4.80. The first-order chi connectivity index (χ1) is 11.2. The number of ether oxygens (including phenoxy) is 1. The van der Waals surface area contributed by atoms with Crippen LogP contribution in [0.4, 0.5) is 23.0 Å². The molecule has 122 valence electrons. The molecule has 0 aliphatic heterocycles. The highest BCUT2D eigenvalue weighted by Crippen LogP contribution is 2.27. The van der Waals surface area contributed by atoms with E-state index >= 15 is 0 Å². The highest BCUT2D eigenvalue weighted by atomic mass is 16.5. The Morgan fingerprint density at radius 1 is 1.22 bits per heavy atom. The second-order valence-corrected chi connectivity index (χ2v) is 4.80. The van der Waals surface area contributed by atoms with Gasteiger partial charge in [0.15, 0.2) is 11.6 Å². The summed E-state index contributed by atoms with van der Waals surface area (Å²) < 4.78 is 5.06. The standard InChI is InChI=1S/C16H21N5O2/c1-3-9-18-14-13(17)15(20-10-19-14)21-12-8-6-5-7-11(12)16(22)23-4-2/h5-8,10H,3-4,9,17H2,1-2H3,(H2,18,19,20,21). The molecule has 0 saturated carbocycles. The predicted octanol–water partition coefficient (Wildman–Crippen LogP) is 2.80. The zero-order valence-corrected chi connectivity index (χ0v) is 13.3. The Balaban J connectivity index is 2.28. The average molecular weight is 315 g/mol. The van der Waals surface area contributed by atoms with Crippen molar-refractivity contribution in [1.29, 1.82) is 0 Å². The molecule has 0 aliphatic carbocycles. The van der Waals surface area contributed by atoms with Gasteiger partial charge in [0.1, 0.15) is 12.0 Å². The fourth-order valence-corrected chi connectivity index (χ4v) is 1.99. The maximum Gasteiger partial charge on any atom is 0.340 e. The summed E-state index contributed by atoms with van der Waals surface area (Å²) in [7, 11) is 0. The van der Waals surface area contributed by atoms with Crippen molar-refractivity contribution in [2.45, 2.75) is 20.3 Å². The van der Waals surface area contributed by atoms with Crippen LogP contribution in [-0.2, 0) is 4.74 Å². The third-order valence-electron chi connectivity index (χ3n) is 3.10. The van der Waals surface area contributed by atoms with Crippen molar-refractivity contribution in [3.05, 3.63) is 36.2 Å². The number of nitrogen functional groups attached to an aromatic ring is 1. The van der Waals surface area contributed by atoms with Crippen LogP contribution in [0.3, 0.4) is 0 Å². The summed E-state index contributed by atoms with van der Waals surface area (Å²) in [6, 6.07) is 7.05. The first-order valence-electron chi connectivity index (χ1n) is 7.54. The highest BCUT2D eigenvalue weighted by molar-refractivity contribution is 5.97. The fraction of sp³-hybridized carbons (Fsp3) is 0.312. The van der Waals surface area contributed by atoms with Gasteiger partial charge in [0.2, 0.25) is 0 Å². The number of para-hydroxylation sites is 1. The molecule has 0 fully saturated rings. The van der Waals surface area contributed by atoms with Crippen LogP contribution < -0.4 is 16.4 Å². The monoisotopic (exact) mass is 315 g/mol. The smallest absolute Gasteiger partial charge is 0.340 e. The summed E-state index contributed by atoms with van der Waals surface area (Å²) in [4.78, 5) is 20.3. The van der Waals surface area contributed by atoms with E-state index in [1.165, 1.54) is 6.33 Å². The second kappa shape index (κ2) is 7.98. The van der Waals surface area contributed by atoms with E-state index in [1.807, 2.05) is 6.07 Å². The normalized spacial score (nSPS) is 10.2.